The largest absolute Gasteiger partial charge is 0.337 e. The lowest BCUT2D eigenvalue weighted by molar-refractivity contribution is 0.157. The van der Waals surface area contributed by atoms with Crippen molar-refractivity contribution in [3.8, 4) is 0 Å². The van der Waals surface area contributed by atoms with E-state index in [2.05, 4.69) is 28.6 Å². The number of nitrogens with one attached hydrogen (secondary N) is 1. The van der Waals surface area contributed by atoms with Crippen LogP contribution in [-0.2, 0) is 13.0 Å². The SMILES string of the molecule is C[C@H]1CCCCN1CCNC(=O)N1CCc2sccc2C1. The molecule has 3 heterocycles. The van der Waals surface area contributed by atoms with E-state index in [9.17, 15) is 4.79 Å². The first-order chi connectivity index (χ1) is 10.2. The van der Waals surface area contributed by atoms with E-state index in [1.165, 1.54) is 36.2 Å². The van der Waals surface area contributed by atoms with Crippen molar-refractivity contribution in [1.29, 1.82) is 0 Å². The van der Waals surface area contributed by atoms with Gasteiger partial charge in [0.05, 0.1) is 0 Å². The second-order valence-corrected chi connectivity index (χ2v) is 7.15. The Labute approximate surface area is 131 Å². The van der Waals surface area contributed by atoms with Crippen LogP contribution in [0.2, 0.25) is 0 Å². The molecule has 1 fully saturated rings. The fourth-order valence-corrected chi connectivity index (χ4v) is 4.22. The molecule has 0 aliphatic carbocycles. The number of carbonyl (C=O) groups excluding carboxylic acids is 1. The van der Waals surface area contributed by atoms with Gasteiger partial charge >= 0.3 is 6.03 Å². The van der Waals surface area contributed by atoms with Crippen LogP contribution >= 0.6 is 11.3 Å². The van der Waals surface area contributed by atoms with Gasteiger partial charge < -0.3 is 10.2 Å². The molecule has 0 spiro atoms. The molecule has 2 amide bonds. The van der Waals surface area contributed by atoms with Gasteiger partial charge in [-0.2, -0.15) is 0 Å². The molecule has 2 aliphatic rings. The number of likely N-dealkylation sites (tertiary alicyclic amines) is 1. The molecule has 4 nitrogen and oxygen atoms in total. The van der Waals surface area contributed by atoms with E-state index in [4.69, 9.17) is 0 Å². The van der Waals surface area contributed by atoms with Gasteiger partial charge in [-0.1, -0.05) is 6.42 Å². The van der Waals surface area contributed by atoms with E-state index in [-0.39, 0.29) is 6.03 Å². The summed E-state index contributed by atoms with van der Waals surface area (Å²) in [5.41, 5.74) is 1.33. The van der Waals surface area contributed by atoms with Gasteiger partial charge in [0.1, 0.15) is 0 Å². The molecule has 21 heavy (non-hydrogen) atoms. The van der Waals surface area contributed by atoms with Crippen LogP contribution in [0.3, 0.4) is 0 Å². The number of nitrogens with zero attached hydrogens (tertiary/aromatic N) is 2. The molecule has 116 valence electrons. The zero-order valence-corrected chi connectivity index (χ0v) is 13.6. The van der Waals surface area contributed by atoms with Gasteiger partial charge in [-0.25, -0.2) is 4.79 Å². The quantitative estimate of drug-likeness (QED) is 0.932. The van der Waals surface area contributed by atoms with Crippen molar-refractivity contribution < 1.29 is 4.79 Å². The van der Waals surface area contributed by atoms with Crippen molar-refractivity contribution >= 4 is 17.4 Å². The van der Waals surface area contributed by atoms with E-state index < -0.39 is 0 Å². The Morgan fingerprint density at radius 3 is 3.19 bits per heavy atom. The second kappa shape index (κ2) is 6.79. The third-order valence-electron chi connectivity index (χ3n) is 4.71. The van der Waals surface area contributed by atoms with Crippen LogP contribution in [0.25, 0.3) is 0 Å². The predicted molar refractivity (Wildman–Crippen MR) is 86.7 cm³/mol. The Hall–Kier alpha value is -1.07. The normalized spacial score (nSPS) is 22.9. The first-order valence-electron chi connectivity index (χ1n) is 8.06. The fourth-order valence-electron chi connectivity index (χ4n) is 3.33. The molecule has 3 rings (SSSR count). The zero-order valence-electron chi connectivity index (χ0n) is 12.8. The Morgan fingerprint density at radius 1 is 1.43 bits per heavy atom. The van der Waals surface area contributed by atoms with Crippen molar-refractivity contribution in [1.82, 2.24) is 15.1 Å². The van der Waals surface area contributed by atoms with Gasteiger partial charge in [-0.3, -0.25) is 4.90 Å². The number of thiophene rings is 1. The number of rotatable bonds is 3. The molecular formula is C16H25N3OS. The summed E-state index contributed by atoms with van der Waals surface area (Å²) in [5.74, 6) is 0. The van der Waals surface area contributed by atoms with Crippen molar-refractivity contribution in [2.24, 2.45) is 0 Å². The lowest BCUT2D eigenvalue weighted by Crippen LogP contribution is -2.46. The predicted octanol–water partition coefficient (Wildman–Crippen LogP) is 2.69. The van der Waals surface area contributed by atoms with E-state index in [0.717, 1.165) is 32.6 Å². The Balaban J connectivity index is 1.42. The Morgan fingerprint density at radius 2 is 2.33 bits per heavy atom. The zero-order chi connectivity index (χ0) is 14.7. The highest BCUT2D eigenvalue weighted by atomic mass is 32.1. The smallest absolute Gasteiger partial charge is 0.317 e. The summed E-state index contributed by atoms with van der Waals surface area (Å²) in [4.78, 5) is 18.1. The maximum absolute atomic E-state index is 12.3. The number of hydrogen-bond donors (Lipinski definition) is 1. The first kappa shape index (κ1) is 14.9. The lowest BCUT2D eigenvalue weighted by atomic mass is 10.0. The highest BCUT2D eigenvalue weighted by Gasteiger charge is 2.22. The molecule has 2 aliphatic heterocycles. The average molecular weight is 307 g/mol. The molecule has 1 aromatic rings. The summed E-state index contributed by atoms with van der Waals surface area (Å²) in [6.45, 7) is 6.83. The van der Waals surface area contributed by atoms with Crippen LogP contribution in [0.4, 0.5) is 4.79 Å². The van der Waals surface area contributed by atoms with Gasteiger partial charge in [0.15, 0.2) is 0 Å². The van der Waals surface area contributed by atoms with Crippen molar-refractivity contribution in [2.75, 3.05) is 26.2 Å². The molecular weight excluding hydrogens is 282 g/mol. The highest BCUT2D eigenvalue weighted by Crippen LogP contribution is 2.23. The van der Waals surface area contributed by atoms with Gasteiger partial charge in [-0.05, 0) is 49.7 Å². The van der Waals surface area contributed by atoms with Crippen LogP contribution in [0, 0.1) is 0 Å². The third kappa shape index (κ3) is 3.58. The Bertz CT molecular complexity index is 488. The number of piperidine rings is 1. The van der Waals surface area contributed by atoms with Crippen LogP contribution in [0.5, 0.6) is 0 Å². The standard InChI is InChI=1S/C16H25N3OS/c1-13-4-2-3-8-18(13)10-7-17-16(20)19-9-5-15-14(12-19)6-11-21-15/h6,11,13H,2-5,7-10,12H2,1H3,(H,17,20)/t13-/m0/s1. The maximum Gasteiger partial charge on any atom is 0.317 e. The third-order valence-corrected chi connectivity index (χ3v) is 5.73. The molecule has 5 heteroatoms. The number of hydrogen-bond acceptors (Lipinski definition) is 3. The van der Waals surface area contributed by atoms with Gasteiger partial charge in [0.2, 0.25) is 0 Å². The van der Waals surface area contributed by atoms with E-state index in [1.54, 1.807) is 0 Å². The summed E-state index contributed by atoms with van der Waals surface area (Å²) in [5, 5.41) is 5.22. The molecule has 1 saturated heterocycles. The molecule has 0 radical (unpaired) electrons. The van der Waals surface area contributed by atoms with Crippen LogP contribution in [0.15, 0.2) is 11.4 Å². The summed E-state index contributed by atoms with van der Waals surface area (Å²) in [7, 11) is 0. The molecule has 0 saturated carbocycles. The molecule has 0 unspecified atom stereocenters. The van der Waals surface area contributed by atoms with E-state index in [1.807, 2.05) is 16.2 Å². The highest BCUT2D eigenvalue weighted by molar-refractivity contribution is 7.10. The Kier molecular flexibility index (Phi) is 4.80. The van der Waals surface area contributed by atoms with Gasteiger partial charge in [-0.15, -0.1) is 11.3 Å². The fraction of sp³-hybridized carbons (Fsp3) is 0.688. The summed E-state index contributed by atoms with van der Waals surface area (Å²) in [6, 6.07) is 2.91. The minimum atomic E-state index is 0.0940. The molecule has 1 atom stereocenters. The van der Waals surface area contributed by atoms with Crippen LogP contribution < -0.4 is 5.32 Å². The summed E-state index contributed by atoms with van der Waals surface area (Å²) in [6.07, 6.45) is 4.94. The van der Waals surface area contributed by atoms with E-state index in [0.29, 0.717) is 6.04 Å². The molecule has 0 aromatic carbocycles. The maximum atomic E-state index is 12.3. The minimum absolute atomic E-state index is 0.0940. The molecule has 0 bridgehead atoms. The van der Waals surface area contributed by atoms with Gasteiger partial charge in [0.25, 0.3) is 0 Å². The summed E-state index contributed by atoms with van der Waals surface area (Å²) < 4.78 is 0. The number of fused-ring (bicyclic) bond motifs is 1. The number of urea groups is 1. The van der Waals surface area contributed by atoms with E-state index >= 15 is 0 Å². The molecule has 1 aromatic heterocycles. The van der Waals surface area contributed by atoms with Crippen LogP contribution in [0.1, 0.15) is 36.6 Å². The van der Waals surface area contributed by atoms with Crippen molar-refractivity contribution in [2.45, 2.75) is 45.2 Å². The van der Waals surface area contributed by atoms with Crippen molar-refractivity contribution in [3.05, 3.63) is 21.9 Å². The van der Waals surface area contributed by atoms with Gasteiger partial charge in [0, 0.05) is 37.1 Å². The molecule has 1 N–H and O–H groups in total. The summed E-state index contributed by atoms with van der Waals surface area (Å²) >= 11 is 1.81. The minimum Gasteiger partial charge on any atom is -0.337 e. The first-order valence-corrected chi connectivity index (χ1v) is 8.94. The number of amides is 2. The van der Waals surface area contributed by atoms with Crippen molar-refractivity contribution in [3.63, 3.8) is 0 Å². The average Bonchev–Trinajstić information content (AvgIpc) is 2.96. The topological polar surface area (TPSA) is 35.6 Å². The second-order valence-electron chi connectivity index (χ2n) is 6.15. The monoisotopic (exact) mass is 307 g/mol. The number of carbonyl (C=O) groups is 1. The van der Waals surface area contributed by atoms with Crippen LogP contribution in [-0.4, -0.2) is 48.1 Å². The lowest BCUT2D eigenvalue weighted by Gasteiger charge is -2.33.